The van der Waals surface area contributed by atoms with Crippen molar-refractivity contribution in [3.05, 3.63) is 29.6 Å². The summed E-state index contributed by atoms with van der Waals surface area (Å²) in [5.41, 5.74) is -0.0393. The molecular weight excluding hydrogens is 224 g/mol. The summed E-state index contributed by atoms with van der Waals surface area (Å²) in [6, 6.07) is 3.60. The Morgan fingerprint density at radius 1 is 1.47 bits per heavy atom. The van der Waals surface area contributed by atoms with Crippen LogP contribution in [0.25, 0.3) is 0 Å². The summed E-state index contributed by atoms with van der Waals surface area (Å²) >= 11 is 0. The molecule has 0 saturated carbocycles. The largest absolute Gasteiger partial charge is 0.491 e. The number of rotatable bonds is 4. The topological polar surface area (TPSA) is 60.8 Å². The van der Waals surface area contributed by atoms with Crippen LogP contribution in [0.5, 0.6) is 0 Å². The van der Waals surface area contributed by atoms with Crippen molar-refractivity contribution >= 4 is 18.5 Å². The van der Waals surface area contributed by atoms with Crippen molar-refractivity contribution < 1.29 is 19.2 Å². The molecule has 0 spiro atoms. The van der Waals surface area contributed by atoms with Crippen LogP contribution >= 0.6 is 0 Å². The summed E-state index contributed by atoms with van der Waals surface area (Å²) in [5.74, 6) is -1.08. The lowest BCUT2D eigenvalue weighted by atomic mass is 9.79. The average Bonchev–Trinajstić information content (AvgIpc) is 2.27. The normalized spacial score (nSPS) is 10.2. The van der Waals surface area contributed by atoms with Crippen LogP contribution in [0.15, 0.2) is 18.2 Å². The molecule has 2 N–H and O–H groups in total. The van der Waals surface area contributed by atoms with Crippen LogP contribution < -0.4 is 5.46 Å². The minimum Gasteiger partial charge on any atom is -0.423 e. The Morgan fingerprint density at radius 3 is 2.59 bits per heavy atom. The molecule has 0 heterocycles. The van der Waals surface area contributed by atoms with Gasteiger partial charge in [-0.3, -0.25) is 4.79 Å². The van der Waals surface area contributed by atoms with Gasteiger partial charge >= 0.3 is 7.12 Å². The minimum atomic E-state index is -1.87. The van der Waals surface area contributed by atoms with Gasteiger partial charge in [0.15, 0.2) is 0 Å². The van der Waals surface area contributed by atoms with E-state index in [1.807, 2.05) is 6.92 Å². The number of carbonyl (C=O) groups excluding carboxylic acids is 1. The maximum absolute atomic E-state index is 13.4. The monoisotopic (exact) mass is 239 g/mol. The van der Waals surface area contributed by atoms with E-state index in [0.717, 1.165) is 12.5 Å². The fourth-order valence-corrected chi connectivity index (χ4v) is 1.53. The van der Waals surface area contributed by atoms with E-state index in [1.165, 1.54) is 17.0 Å². The maximum atomic E-state index is 13.4. The van der Waals surface area contributed by atoms with Crippen LogP contribution in [-0.2, 0) is 0 Å². The molecular formula is C11H15BFNO3. The van der Waals surface area contributed by atoms with Gasteiger partial charge in [0.1, 0.15) is 5.82 Å². The van der Waals surface area contributed by atoms with Crippen molar-refractivity contribution in [1.29, 1.82) is 0 Å². The van der Waals surface area contributed by atoms with Crippen molar-refractivity contribution in [2.75, 3.05) is 13.6 Å². The quantitative estimate of drug-likeness (QED) is 0.726. The molecule has 0 aliphatic rings. The number of nitrogens with zero attached hydrogens (tertiary/aromatic N) is 1. The van der Waals surface area contributed by atoms with Gasteiger partial charge in [-0.05, 0) is 18.6 Å². The predicted octanol–water partition coefficient (Wildman–Crippen LogP) is -0.0125. The third-order valence-electron chi connectivity index (χ3n) is 2.43. The summed E-state index contributed by atoms with van der Waals surface area (Å²) in [6.45, 7) is 2.53. The van der Waals surface area contributed by atoms with Gasteiger partial charge in [-0.2, -0.15) is 0 Å². The third-order valence-corrected chi connectivity index (χ3v) is 2.43. The second-order valence-electron chi connectivity index (χ2n) is 3.84. The molecule has 0 radical (unpaired) electrons. The molecule has 1 rings (SSSR count). The standard InChI is InChI=1S/C11H15BFNO3/c1-3-6-14(2)11(15)8-4-5-9(12(16)17)10(13)7-8/h4-5,7,16-17H,3,6H2,1-2H3. The van der Waals surface area contributed by atoms with E-state index in [-0.39, 0.29) is 16.9 Å². The molecule has 6 heteroatoms. The Balaban J connectivity index is 2.93. The van der Waals surface area contributed by atoms with Crippen molar-refractivity contribution in [2.24, 2.45) is 0 Å². The lowest BCUT2D eigenvalue weighted by Crippen LogP contribution is -2.34. The van der Waals surface area contributed by atoms with Crippen LogP contribution in [0.1, 0.15) is 23.7 Å². The van der Waals surface area contributed by atoms with E-state index in [4.69, 9.17) is 10.0 Å². The molecule has 4 nitrogen and oxygen atoms in total. The van der Waals surface area contributed by atoms with E-state index >= 15 is 0 Å². The zero-order valence-corrected chi connectivity index (χ0v) is 9.85. The molecule has 0 saturated heterocycles. The Kier molecular flexibility index (Phi) is 4.66. The molecule has 0 fully saturated rings. The summed E-state index contributed by atoms with van der Waals surface area (Å²) < 4.78 is 13.4. The second kappa shape index (κ2) is 5.79. The second-order valence-corrected chi connectivity index (χ2v) is 3.84. The van der Waals surface area contributed by atoms with E-state index < -0.39 is 12.9 Å². The van der Waals surface area contributed by atoms with Crippen molar-refractivity contribution in [2.45, 2.75) is 13.3 Å². The Morgan fingerprint density at radius 2 is 2.12 bits per heavy atom. The maximum Gasteiger partial charge on any atom is 0.491 e. The number of carbonyl (C=O) groups is 1. The SMILES string of the molecule is CCCN(C)C(=O)c1ccc(B(O)O)c(F)c1. The first-order chi connectivity index (χ1) is 7.97. The molecule has 17 heavy (non-hydrogen) atoms. The highest BCUT2D eigenvalue weighted by molar-refractivity contribution is 6.58. The number of hydrogen-bond donors (Lipinski definition) is 2. The molecule has 0 aliphatic carbocycles. The van der Waals surface area contributed by atoms with Gasteiger partial charge < -0.3 is 14.9 Å². The first kappa shape index (κ1) is 13.7. The van der Waals surface area contributed by atoms with E-state index in [2.05, 4.69) is 0 Å². The average molecular weight is 239 g/mol. The van der Waals surface area contributed by atoms with Crippen LogP contribution in [0.4, 0.5) is 4.39 Å². The molecule has 0 aliphatic heterocycles. The molecule has 1 amide bonds. The van der Waals surface area contributed by atoms with Crippen molar-refractivity contribution in [1.82, 2.24) is 4.90 Å². The molecule has 0 bridgehead atoms. The lowest BCUT2D eigenvalue weighted by molar-refractivity contribution is 0.0794. The molecule has 0 aromatic heterocycles. The van der Waals surface area contributed by atoms with Crippen molar-refractivity contribution in [3.63, 3.8) is 0 Å². The Labute approximate surface area is 99.8 Å². The van der Waals surface area contributed by atoms with Gasteiger partial charge in [0.05, 0.1) is 0 Å². The fraction of sp³-hybridized carbons (Fsp3) is 0.364. The highest BCUT2D eigenvalue weighted by atomic mass is 19.1. The summed E-state index contributed by atoms with van der Waals surface area (Å²) in [5, 5.41) is 17.7. The van der Waals surface area contributed by atoms with E-state index in [9.17, 15) is 9.18 Å². The van der Waals surface area contributed by atoms with Crippen molar-refractivity contribution in [3.8, 4) is 0 Å². The summed E-state index contributed by atoms with van der Waals surface area (Å²) in [7, 11) is -0.231. The number of amides is 1. The smallest absolute Gasteiger partial charge is 0.423 e. The summed E-state index contributed by atoms with van der Waals surface area (Å²) in [4.78, 5) is 13.3. The minimum absolute atomic E-state index is 0.197. The third kappa shape index (κ3) is 3.28. The van der Waals surface area contributed by atoms with E-state index in [1.54, 1.807) is 7.05 Å². The highest BCUT2D eigenvalue weighted by Gasteiger charge is 2.19. The first-order valence-corrected chi connectivity index (χ1v) is 5.38. The number of benzene rings is 1. The lowest BCUT2D eigenvalue weighted by Gasteiger charge is -2.16. The Hall–Kier alpha value is -1.40. The fourth-order valence-electron chi connectivity index (χ4n) is 1.53. The van der Waals surface area contributed by atoms with Crippen LogP contribution in [0.2, 0.25) is 0 Å². The molecule has 1 aromatic carbocycles. The molecule has 0 atom stereocenters. The zero-order valence-electron chi connectivity index (χ0n) is 9.85. The van der Waals surface area contributed by atoms with Gasteiger partial charge in [0, 0.05) is 24.6 Å². The zero-order chi connectivity index (χ0) is 13.0. The van der Waals surface area contributed by atoms with Crippen LogP contribution in [0, 0.1) is 5.82 Å². The van der Waals surface area contributed by atoms with Gasteiger partial charge in [-0.1, -0.05) is 13.0 Å². The summed E-state index contributed by atoms with van der Waals surface area (Å²) in [6.07, 6.45) is 0.818. The van der Waals surface area contributed by atoms with Gasteiger partial charge in [-0.15, -0.1) is 0 Å². The molecule has 92 valence electrons. The van der Waals surface area contributed by atoms with Crippen LogP contribution in [0.3, 0.4) is 0 Å². The predicted molar refractivity (Wildman–Crippen MR) is 63.5 cm³/mol. The van der Waals surface area contributed by atoms with Gasteiger partial charge in [0.25, 0.3) is 5.91 Å². The Bertz CT molecular complexity index is 412. The van der Waals surface area contributed by atoms with Gasteiger partial charge in [-0.25, -0.2) is 4.39 Å². The molecule has 0 unspecified atom stereocenters. The number of halogens is 1. The molecule has 1 aromatic rings. The highest BCUT2D eigenvalue weighted by Crippen LogP contribution is 2.06. The van der Waals surface area contributed by atoms with Crippen LogP contribution in [-0.4, -0.2) is 41.6 Å². The van der Waals surface area contributed by atoms with E-state index in [0.29, 0.717) is 6.54 Å². The first-order valence-electron chi connectivity index (χ1n) is 5.38. The van der Waals surface area contributed by atoms with Gasteiger partial charge in [0.2, 0.25) is 0 Å². The number of hydrogen-bond acceptors (Lipinski definition) is 3.